The van der Waals surface area contributed by atoms with Crippen molar-refractivity contribution < 1.29 is 19.2 Å². The minimum Gasteiger partial charge on any atom is -0.452 e. The summed E-state index contributed by atoms with van der Waals surface area (Å²) in [4.78, 5) is 36.3. The molecule has 0 unspecified atom stereocenters. The van der Waals surface area contributed by atoms with Gasteiger partial charge < -0.3 is 15.0 Å². The summed E-state index contributed by atoms with van der Waals surface area (Å²) in [6.07, 6.45) is 0.669. The van der Waals surface area contributed by atoms with Crippen LogP contribution < -0.4 is 10.2 Å². The molecule has 0 heterocycles. The first-order chi connectivity index (χ1) is 13.3. The molecule has 28 heavy (non-hydrogen) atoms. The van der Waals surface area contributed by atoms with Gasteiger partial charge in [0.05, 0.1) is 16.2 Å². The summed E-state index contributed by atoms with van der Waals surface area (Å²) >= 11 is 0. The smallest absolute Gasteiger partial charge is 0.341 e. The summed E-state index contributed by atoms with van der Waals surface area (Å²) in [5.41, 5.74) is 2.56. The second-order valence-electron chi connectivity index (χ2n) is 6.46. The molecule has 2 rings (SSSR count). The van der Waals surface area contributed by atoms with E-state index in [4.69, 9.17) is 4.74 Å². The van der Waals surface area contributed by atoms with Crippen LogP contribution in [0.1, 0.15) is 21.5 Å². The molecule has 2 aromatic carbocycles. The van der Waals surface area contributed by atoms with E-state index in [1.807, 2.05) is 31.2 Å². The third kappa shape index (κ3) is 5.54. The van der Waals surface area contributed by atoms with Crippen LogP contribution in [0, 0.1) is 17.0 Å². The minimum absolute atomic E-state index is 0.0342. The van der Waals surface area contributed by atoms with Crippen LogP contribution in [0.15, 0.2) is 42.5 Å². The molecule has 0 saturated heterocycles. The molecule has 8 heteroatoms. The highest BCUT2D eigenvalue weighted by molar-refractivity contribution is 5.97. The molecular weight excluding hydrogens is 362 g/mol. The van der Waals surface area contributed by atoms with Crippen molar-refractivity contribution >= 4 is 23.3 Å². The van der Waals surface area contributed by atoms with E-state index < -0.39 is 23.4 Å². The van der Waals surface area contributed by atoms with Crippen molar-refractivity contribution in [2.45, 2.75) is 13.3 Å². The van der Waals surface area contributed by atoms with E-state index >= 15 is 0 Å². The van der Waals surface area contributed by atoms with Gasteiger partial charge in [-0.25, -0.2) is 4.79 Å². The van der Waals surface area contributed by atoms with Crippen molar-refractivity contribution in [3.8, 4) is 0 Å². The lowest BCUT2D eigenvalue weighted by molar-refractivity contribution is -0.384. The second kappa shape index (κ2) is 9.50. The normalized spacial score (nSPS) is 10.2. The molecule has 1 amide bonds. The molecule has 0 spiro atoms. The number of hydrogen-bond donors (Lipinski definition) is 1. The van der Waals surface area contributed by atoms with Crippen LogP contribution in [0.5, 0.6) is 0 Å². The van der Waals surface area contributed by atoms with Crippen LogP contribution in [-0.4, -0.2) is 44.0 Å². The van der Waals surface area contributed by atoms with Gasteiger partial charge in [-0.15, -0.1) is 0 Å². The molecular formula is C20H23N3O5. The summed E-state index contributed by atoms with van der Waals surface area (Å²) in [6.45, 7) is 1.96. The number of aryl methyl sites for hydroxylation is 1. The summed E-state index contributed by atoms with van der Waals surface area (Å²) in [5.74, 6) is -1.22. The lowest BCUT2D eigenvalue weighted by Crippen LogP contribution is -2.30. The molecule has 0 bridgehead atoms. The molecule has 148 valence electrons. The lowest BCUT2D eigenvalue weighted by Gasteiger charge is -2.16. The molecule has 8 nitrogen and oxygen atoms in total. The van der Waals surface area contributed by atoms with Crippen molar-refractivity contribution in [3.05, 3.63) is 69.3 Å². The highest BCUT2D eigenvalue weighted by atomic mass is 16.6. The average Bonchev–Trinajstić information content (AvgIpc) is 2.67. The number of nitrogens with one attached hydrogen (secondary N) is 1. The number of amides is 1. The van der Waals surface area contributed by atoms with E-state index in [2.05, 4.69) is 5.32 Å². The largest absolute Gasteiger partial charge is 0.452 e. The summed E-state index contributed by atoms with van der Waals surface area (Å²) in [5, 5.41) is 13.7. The Bertz CT molecular complexity index is 880. The summed E-state index contributed by atoms with van der Waals surface area (Å²) in [6, 6.07) is 11.8. The van der Waals surface area contributed by atoms with Crippen molar-refractivity contribution in [2.75, 3.05) is 32.1 Å². The van der Waals surface area contributed by atoms with Crippen molar-refractivity contribution in [2.24, 2.45) is 0 Å². The Morgan fingerprint density at radius 1 is 1.18 bits per heavy atom. The first-order valence-corrected chi connectivity index (χ1v) is 8.73. The molecule has 2 aromatic rings. The fourth-order valence-corrected chi connectivity index (χ4v) is 2.68. The Morgan fingerprint density at radius 3 is 2.54 bits per heavy atom. The number of rotatable bonds is 8. The molecule has 0 saturated carbocycles. The molecule has 0 fully saturated rings. The fourth-order valence-electron chi connectivity index (χ4n) is 2.68. The van der Waals surface area contributed by atoms with Gasteiger partial charge in [0.2, 0.25) is 0 Å². The third-order valence-electron chi connectivity index (χ3n) is 4.20. The molecule has 0 aromatic heterocycles. The van der Waals surface area contributed by atoms with E-state index in [1.54, 1.807) is 19.0 Å². The standard InChI is InChI=1S/C20H23N3O5/c1-14-6-4-5-7-15(14)10-11-21-19(24)13-28-20(25)17-12-16(23(26)27)8-9-18(17)22(2)3/h4-9,12H,10-11,13H2,1-3H3,(H,21,24). The van der Waals surface area contributed by atoms with Gasteiger partial charge in [0.25, 0.3) is 11.6 Å². The van der Waals surface area contributed by atoms with Crippen molar-refractivity contribution in [3.63, 3.8) is 0 Å². The zero-order chi connectivity index (χ0) is 20.7. The highest BCUT2D eigenvalue weighted by Crippen LogP contribution is 2.24. The van der Waals surface area contributed by atoms with Crippen LogP contribution in [-0.2, 0) is 16.0 Å². The van der Waals surface area contributed by atoms with E-state index in [0.717, 1.165) is 17.2 Å². The zero-order valence-corrected chi connectivity index (χ0v) is 16.1. The van der Waals surface area contributed by atoms with E-state index in [1.165, 1.54) is 12.1 Å². The van der Waals surface area contributed by atoms with E-state index in [0.29, 0.717) is 18.7 Å². The average molecular weight is 385 g/mol. The van der Waals surface area contributed by atoms with Gasteiger partial charge in [-0.3, -0.25) is 14.9 Å². The Hall–Kier alpha value is -3.42. The summed E-state index contributed by atoms with van der Waals surface area (Å²) < 4.78 is 5.04. The van der Waals surface area contributed by atoms with E-state index in [9.17, 15) is 19.7 Å². The van der Waals surface area contributed by atoms with Crippen molar-refractivity contribution in [1.82, 2.24) is 5.32 Å². The first kappa shape index (κ1) is 20.9. The predicted octanol–water partition coefficient (Wildman–Crippen LogP) is 2.48. The number of non-ortho nitro benzene ring substituents is 1. The number of nitrogens with zero attached hydrogens (tertiary/aromatic N) is 2. The number of carbonyl (C=O) groups is 2. The van der Waals surface area contributed by atoms with Gasteiger partial charge in [0.1, 0.15) is 0 Å². The summed E-state index contributed by atoms with van der Waals surface area (Å²) in [7, 11) is 3.41. The number of ether oxygens (including phenoxy) is 1. The molecule has 0 aliphatic rings. The van der Waals surface area contributed by atoms with Gasteiger partial charge in [0.15, 0.2) is 6.61 Å². The maximum atomic E-state index is 12.3. The first-order valence-electron chi connectivity index (χ1n) is 8.73. The molecule has 1 N–H and O–H groups in total. The minimum atomic E-state index is -0.790. The Kier molecular flexibility index (Phi) is 7.08. The van der Waals surface area contributed by atoms with E-state index in [-0.39, 0.29) is 11.3 Å². The van der Waals surface area contributed by atoms with Crippen molar-refractivity contribution in [1.29, 1.82) is 0 Å². The second-order valence-corrected chi connectivity index (χ2v) is 6.46. The monoisotopic (exact) mass is 385 g/mol. The Labute approximate surface area is 163 Å². The highest BCUT2D eigenvalue weighted by Gasteiger charge is 2.20. The number of esters is 1. The van der Waals surface area contributed by atoms with Crippen LogP contribution in [0.2, 0.25) is 0 Å². The van der Waals surface area contributed by atoms with Crippen LogP contribution in [0.25, 0.3) is 0 Å². The molecule has 0 radical (unpaired) electrons. The Balaban J connectivity index is 1.92. The van der Waals surface area contributed by atoms with Gasteiger partial charge in [-0.05, 0) is 30.5 Å². The number of nitro benzene ring substituents is 1. The fraction of sp³-hybridized carbons (Fsp3) is 0.300. The van der Waals surface area contributed by atoms with Crippen LogP contribution in [0.3, 0.4) is 0 Å². The van der Waals surface area contributed by atoms with Crippen LogP contribution >= 0.6 is 0 Å². The quantitative estimate of drug-likeness (QED) is 0.426. The number of anilines is 1. The molecule has 0 aliphatic carbocycles. The number of nitro groups is 1. The zero-order valence-electron chi connectivity index (χ0n) is 16.1. The Morgan fingerprint density at radius 2 is 1.89 bits per heavy atom. The van der Waals surface area contributed by atoms with Gasteiger partial charge >= 0.3 is 5.97 Å². The van der Waals surface area contributed by atoms with Crippen LogP contribution in [0.4, 0.5) is 11.4 Å². The van der Waals surface area contributed by atoms with Gasteiger partial charge in [0, 0.05) is 32.8 Å². The third-order valence-corrected chi connectivity index (χ3v) is 4.20. The molecule has 0 atom stereocenters. The predicted molar refractivity (Wildman–Crippen MR) is 106 cm³/mol. The van der Waals surface area contributed by atoms with Gasteiger partial charge in [-0.2, -0.15) is 0 Å². The number of carbonyl (C=O) groups excluding carboxylic acids is 2. The maximum Gasteiger partial charge on any atom is 0.341 e. The SMILES string of the molecule is Cc1ccccc1CCNC(=O)COC(=O)c1cc([N+](=O)[O-])ccc1N(C)C. The topological polar surface area (TPSA) is 102 Å². The lowest BCUT2D eigenvalue weighted by atomic mass is 10.1. The maximum absolute atomic E-state index is 12.3. The number of hydrogen-bond acceptors (Lipinski definition) is 6. The number of benzene rings is 2. The van der Waals surface area contributed by atoms with Gasteiger partial charge in [-0.1, -0.05) is 24.3 Å². The molecule has 0 aliphatic heterocycles.